The van der Waals surface area contributed by atoms with Gasteiger partial charge in [-0.1, -0.05) is 29.8 Å². The Morgan fingerprint density at radius 1 is 1.05 bits per heavy atom. The number of benzene rings is 1. The van der Waals surface area contributed by atoms with Gasteiger partial charge in [0.1, 0.15) is 0 Å². The topological polar surface area (TPSA) is 38.9 Å². The van der Waals surface area contributed by atoms with E-state index in [0.717, 1.165) is 10.4 Å². The standard InChI is InChI=1S/C14H9ClN2OS/c15-12-6-2-1-5-11(12)14-17-16-13(18-14)8-7-10-4-3-9-19-10/h1-9H/b8-7+. The fraction of sp³-hybridized carbons (Fsp3) is 0. The molecule has 0 fully saturated rings. The van der Waals surface area contributed by atoms with Gasteiger partial charge in [-0.25, -0.2) is 0 Å². The molecule has 2 heterocycles. The molecule has 3 rings (SSSR count). The Hall–Kier alpha value is -1.91. The molecular formula is C14H9ClN2OS. The molecule has 0 radical (unpaired) electrons. The molecule has 0 spiro atoms. The molecule has 0 saturated carbocycles. The zero-order chi connectivity index (χ0) is 13.1. The first kappa shape index (κ1) is 12.1. The molecule has 0 aliphatic carbocycles. The second kappa shape index (κ2) is 5.38. The molecule has 5 heteroatoms. The SMILES string of the molecule is Clc1ccccc1-c1nnc(/C=C/c2cccs2)o1. The van der Waals surface area contributed by atoms with E-state index in [1.54, 1.807) is 23.5 Å². The second-order valence-corrected chi connectivity index (χ2v) is 5.16. The van der Waals surface area contributed by atoms with Crippen LogP contribution in [0.2, 0.25) is 5.02 Å². The highest BCUT2D eigenvalue weighted by atomic mass is 35.5. The Morgan fingerprint density at radius 3 is 2.74 bits per heavy atom. The van der Waals surface area contributed by atoms with Gasteiger partial charge >= 0.3 is 0 Å². The van der Waals surface area contributed by atoms with Crippen LogP contribution in [0.4, 0.5) is 0 Å². The van der Waals surface area contributed by atoms with Crippen LogP contribution in [0.25, 0.3) is 23.6 Å². The Kier molecular flexibility index (Phi) is 3.44. The van der Waals surface area contributed by atoms with Crippen LogP contribution < -0.4 is 0 Å². The Morgan fingerprint density at radius 2 is 1.95 bits per heavy atom. The van der Waals surface area contributed by atoms with Gasteiger partial charge in [0.15, 0.2) is 0 Å². The van der Waals surface area contributed by atoms with E-state index in [4.69, 9.17) is 16.0 Å². The highest BCUT2D eigenvalue weighted by molar-refractivity contribution is 7.10. The molecule has 0 aliphatic rings. The van der Waals surface area contributed by atoms with Crippen molar-refractivity contribution in [1.29, 1.82) is 0 Å². The van der Waals surface area contributed by atoms with Crippen LogP contribution in [0.15, 0.2) is 46.2 Å². The minimum absolute atomic E-state index is 0.427. The summed E-state index contributed by atoms with van der Waals surface area (Å²) in [6.07, 6.45) is 3.73. The van der Waals surface area contributed by atoms with Crippen LogP contribution in [0.1, 0.15) is 10.8 Å². The monoisotopic (exact) mass is 288 g/mol. The van der Waals surface area contributed by atoms with Crippen molar-refractivity contribution in [2.75, 3.05) is 0 Å². The highest BCUT2D eigenvalue weighted by Gasteiger charge is 2.09. The van der Waals surface area contributed by atoms with E-state index in [1.165, 1.54) is 0 Å². The summed E-state index contributed by atoms with van der Waals surface area (Å²) in [5.41, 5.74) is 0.743. The van der Waals surface area contributed by atoms with Crippen molar-refractivity contribution >= 4 is 35.1 Å². The van der Waals surface area contributed by atoms with Crippen LogP contribution >= 0.6 is 22.9 Å². The van der Waals surface area contributed by atoms with Gasteiger partial charge in [0.25, 0.3) is 0 Å². The molecule has 3 nitrogen and oxygen atoms in total. The average molecular weight is 289 g/mol. The number of halogens is 1. The van der Waals surface area contributed by atoms with Crippen molar-refractivity contribution in [3.8, 4) is 11.5 Å². The number of rotatable bonds is 3. The van der Waals surface area contributed by atoms with Gasteiger partial charge in [-0.3, -0.25) is 0 Å². The fourth-order valence-electron chi connectivity index (χ4n) is 1.58. The maximum Gasteiger partial charge on any atom is 0.249 e. The summed E-state index contributed by atoms with van der Waals surface area (Å²) < 4.78 is 5.56. The normalized spacial score (nSPS) is 11.2. The van der Waals surface area contributed by atoms with E-state index in [0.29, 0.717) is 16.8 Å². The zero-order valence-electron chi connectivity index (χ0n) is 9.79. The number of hydrogen-bond acceptors (Lipinski definition) is 4. The zero-order valence-corrected chi connectivity index (χ0v) is 11.4. The van der Waals surface area contributed by atoms with Crippen LogP contribution in [-0.4, -0.2) is 10.2 Å². The van der Waals surface area contributed by atoms with Gasteiger partial charge in [-0.15, -0.1) is 21.5 Å². The third kappa shape index (κ3) is 2.75. The molecule has 94 valence electrons. The quantitative estimate of drug-likeness (QED) is 0.706. The summed E-state index contributed by atoms with van der Waals surface area (Å²) >= 11 is 7.73. The molecule has 19 heavy (non-hydrogen) atoms. The predicted octanol–water partition coefficient (Wildman–Crippen LogP) is 4.62. The van der Waals surface area contributed by atoms with Crippen LogP contribution in [0, 0.1) is 0 Å². The van der Waals surface area contributed by atoms with E-state index in [9.17, 15) is 0 Å². The fourth-order valence-corrected chi connectivity index (χ4v) is 2.42. The third-order valence-corrected chi connectivity index (χ3v) is 3.65. The lowest BCUT2D eigenvalue weighted by Gasteiger charge is -1.96. The first-order valence-electron chi connectivity index (χ1n) is 5.63. The molecule has 2 aromatic heterocycles. The molecule has 0 N–H and O–H groups in total. The molecule has 0 bridgehead atoms. The summed E-state index contributed by atoms with van der Waals surface area (Å²) in [5.74, 6) is 0.889. The summed E-state index contributed by atoms with van der Waals surface area (Å²) in [4.78, 5) is 1.14. The van der Waals surface area contributed by atoms with Crippen molar-refractivity contribution in [1.82, 2.24) is 10.2 Å². The molecule has 0 unspecified atom stereocenters. The van der Waals surface area contributed by atoms with Gasteiger partial charge in [0.05, 0.1) is 10.6 Å². The largest absolute Gasteiger partial charge is 0.417 e. The lowest BCUT2D eigenvalue weighted by Crippen LogP contribution is -1.78. The Bertz CT molecular complexity index is 704. The lowest BCUT2D eigenvalue weighted by atomic mass is 10.2. The molecule has 3 aromatic rings. The van der Waals surface area contributed by atoms with E-state index >= 15 is 0 Å². The highest BCUT2D eigenvalue weighted by Crippen LogP contribution is 2.26. The number of aromatic nitrogens is 2. The van der Waals surface area contributed by atoms with Crippen LogP contribution in [-0.2, 0) is 0 Å². The third-order valence-electron chi connectivity index (χ3n) is 2.48. The van der Waals surface area contributed by atoms with Gasteiger partial charge in [-0.05, 0) is 29.7 Å². The average Bonchev–Trinajstić information content (AvgIpc) is 3.08. The first-order chi connectivity index (χ1) is 9.33. The van der Waals surface area contributed by atoms with Gasteiger partial charge in [0.2, 0.25) is 11.8 Å². The molecular weight excluding hydrogens is 280 g/mol. The van der Waals surface area contributed by atoms with Crippen molar-refractivity contribution in [3.63, 3.8) is 0 Å². The van der Waals surface area contributed by atoms with Gasteiger partial charge in [0, 0.05) is 11.0 Å². The van der Waals surface area contributed by atoms with E-state index in [1.807, 2.05) is 41.8 Å². The van der Waals surface area contributed by atoms with Gasteiger partial charge in [-0.2, -0.15) is 0 Å². The van der Waals surface area contributed by atoms with Crippen LogP contribution in [0.3, 0.4) is 0 Å². The minimum atomic E-state index is 0.427. The Labute approximate surface area is 119 Å². The summed E-state index contributed by atoms with van der Waals surface area (Å²) in [6.45, 7) is 0. The van der Waals surface area contributed by atoms with E-state index < -0.39 is 0 Å². The van der Waals surface area contributed by atoms with E-state index in [2.05, 4.69) is 10.2 Å². The van der Waals surface area contributed by atoms with Gasteiger partial charge < -0.3 is 4.42 Å². The first-order valence-corrected chi connectivity index (χ1v) is 6.89. The molecule has 0 saturated heterocycles. The van der Waals surface area contributed by atoms with Crippen molar-refractivity contribution < 1.29 is 4.42 Å². The summed E-state index contributed by atoms with van der Waals surface area (Å²) in [5, 5.41) is 10.6. The summed E-state index contributed by atoms with van der Waals surface area (Å²) in [7, 11) is 0. The lowest BCUT2D eigenvalue weighted by molar-refractivity contribution is 0.558. The predicted molar refractivity (Wildman–Crippen MR) is 78.0 cm³/mol. The van der Waals surface area contributed by atoms with Crippen molar-refractivity contribution in [2.24, 2.45) is 0 Å². The van der Waals surface area contributed by atoms with Crippen molar-refractivity contribution in [3.05, 3.63) is 57.6 Å². The molecule has 0 aliphatic heterocycles. The maximum absolute atomic E-state index is 6.08. The molecule has 1 aromatic carbocycles. The molecule has 0 atom stereocenters. The minimum Gasteiger partial charge on any atom is -0.417 e. The Balaban J connectivity index is 1.86. The number of thiophene rings is 1. The summed E-state index contributed by atoms with van der Waals surface area (Å²) in [6, 6.07) is 11.4. The van der Waals surface area contributed by atoms with E-state index in [-0.39, 0.29) is 0 Å². The second-order valence-electron chi connectivity index (χ2n) is 3.77. The number of nitrogens with zero attached hydrogens (tertiary/aromatic N) is 2. The smallest absolute Gasteiger partial charge is 0.249 e. The maximum atomic E-state index is 6.08. The van der Waals surface area contributed by atoms with Crippen molar-refractivity contribution in [2.45, 2.75) is 0 Å². The van der Waals surface area contributed by atoms with Crippen LogP contribution in [0.5, 0.6) is 0 Å². The molecule has 0 amide bonds. The number of hydrogen-bond donors (Lipinski definition) is 0.